The number of benzene rings is 6. The Balaban J connectivity index is 1.39. The van der Waals surface area contributed by atoms with E-state index in [-0.39, 0.29) is 11.5 Å². The Labute approximate surface area is 247 Å². The van der Waals surface area contributed by atoms with Crippen LogP contribution in [0.25, 0.3) is 60.3 Å². The molecule has 6 aromatic carbocycles. The van der Waals surface area contributed by atoms with E-state index in [4.69, 9.17) is 9.98 Å². The van der Waals surface area contributed by atoms with Crippen molar-refractivity contribution in [2.45, 2.75) is 0 Å². The standard InChI is InChI=1S/C38H25N3O2/c42-34-19-9-12-24-11-8-17-29(36(24)34)39-23-31-27-15-5-4-10-25(27)22-30(40-31)38-35(43)21-20-33-37(38)28-16-6-7-18-32(28)41(33)26-13-2-1-3-14-26/h1-23,42-43H. The van der Waals surface area contributed by atoms with Crippen molar-refractivity contribution in [3.63, 3.8) is 0 Å². The minimum atomic E-state index is 0.160. The van der Waals surface area contributed by atoms with Crippen molar-refractivity contribution in [3.8, 4) is 28.4 Å². The van der Waals surface area contributed by atoms with E-state index in [2.05, 4.69) is 28.8 Å². The lowest BCUT2D eigenvalue weighted by molar-refractivity contribution is 0.478. The van der Waals surface area contributed by atoms with Gasteiger partial charge < -0.3 is 14.8 Å². The summed E-state index contributed by atoms with van der Waals surface area (Å²) in [5, 5.41) is 27.5. The van der Waals surface area contributed by atoms with Gasteiger partial charge in [0.2, 0.25) is 0 Å². The highest BCUT2D eigenvalue weighted by Crippen LogP contribution is 2.43. The molecule has 0 unspecified atom stereocenters. The lowest BCUT2D eigenvalue weighted by Crippen LogP contribution is -1.96. The average Bonchev–Trinajstić information content (AvgIpc) is 3.38. The molecule has 0 amide bonds. The maximum atomic E-state index is 11.4. The van der Waals surface area contributed by atoms with Gasteiger partial charge >= 0.3 is 0 Å². The fraction of sp³-hybridized carbons (Fsp3) is 0. The highest BCUT2D eigenvalue weighted by atomic mass is 16.3. The smallest absolute Gasteiger partial charge is 0.125 e. The summed E-state index contributed by atoms with van der Waals surface area (Å²) in [6, 6.07) is 43.5. The molecule has 0 aliphatic heterocycles. The largest absolute Gasteiger partial charge is 0.507 e. The van der Waals surface area contributed by atoms with Gasteiger partial charge in [-0.3, -0.25) is 4.99 Å². The molecule has 0 aliphatic rings. The van der Waals surface area contributed by atoms with Crippen LogP contribution in [0.4, 0.5) is 5.69 Å². The van der Waals surface area contributed by atoms with Crippen molar-refractivity contribution in [1.82, 2.24) is 9.55 Å². The highest BCUT2D eigenvalue weighted by Gasteiger charge is 2.20. The zero-order valence-electron chi connectivity index (χ0n) is 23.0. The van der Waals surface area contributed by atoms with E-state index < -0.39 is 0 Å². The Morgan fingerprint density at radius 2 is 1.30 bits per heavy atom. The van der Waals surface area contributed by atoms with Crippen LogP contribution >= 0.6 is 0 Å². The van der Waals surface area contributed by atoms with E-state index in [9.17, 15) is 10.2 Å². The van der Waals surface area contributed by atoms with Crippen molar-refractivity contribution < 1.29 is 10.2 Å². The third-order valence-electron chi connectivity index (χ3n) is 8.04. The Hall–Kier alpha value is -5.94. The number of aromatic hydroxyl groups is 2. The molecule has 2 N–H and O–H groups in total. The number of nitrogens with zero attached hydrogens (tertiary/aromatic N) is 3. The van der Waals surface area contributed by atoms with Crippen LogP contribution in [0.2, 0.25) is 0 Å². The summed E-state index contributed by atoms with van der Waals surface area (Å²) in [5.41, 5.74) is 5.73. The Bertz CT molecular complexity index is 2370. The number of hydrogen-bond acceptors (Lipinski definition) is 4. The Morgan fingerprint density at radius 3 is 2.16 bits per heavy atom. The molecule has 0 atom stereocenters. The summed E-state index contributed by atoms with van der Waals surface area (Å²) in [6.07, 6.45) is 1.75. The zero-order chi connectivity index (χ0) is 28.9. The molecule has 0 spiro atoms. The molecule has 8 rings (SSSR count). The molecule has 5 heteroatoms. The number of aliphatic imine (C=N–C) groups is 1. The molecule has 2 aromatic heterocycles. The maximum absolute atomic E-state index is 11.4. The third-order valence-corrected chi connectivity index (χ3v) is 8.04. The first-order chi connectivity index (χ1) is 21.2. The number of fused-ring (bicyclic) bond motifs is 5. The molecule has 43 heavy (non-hydrogen) atoms. The molecule has 0 aliphatic carbocycles. The lowest BCUT2D eigenvalue weighted by Gasteiger charge is -2.12. The van der Waals surface area contributed by atoms with Crippen molar-refractivity contribution in [2.24, 2.45) is 4.99 Å². The van der Waals surface area contributed by atoms with Crippen molar-refractivity contribution in [1.29, 1.82) is 0 Å². The van der Waals surface area contributed by atoms with Crippen LogP contribution in [0.15, 0.2) is 138 Å². The van der Waals surface area contributed by atoms with E-state index in [0.29, 0.717) is 28.0 Å². The number of hydrogen-bond donors (Lipinski definition) is 2. The summed E-state index contributed by atoms with van der Waals surface area (Å²) < 4.78 is 2.23. The van der Waals surface area contributed by atoms with Crippen LogP contribution in [0.1, 0.15) is 5.69 Å². The summed E-state index contributed by atoms with van der Waals surface area (Å²) in [7, 11) is 0. The van der Waals surface area contributed by atoms with Crippen LogP contribution in [-0.4, -0.2) is 26.0 Å². The second kappa shape index (κ2) is 9.86. The monoisotopic (exact) mass is 555 g/mol. The molecule has 204 valence electrons. The van der Waals surface area contributed by atoms with Gasteiger partial charge in [0.05, 0.1) is 39.9 Å². The van der Waals surface area contributed by atoms with Crippen molar-refractivity contribution >= 4 is 55.3 Å². The molecular formula is C38H25N3O2. The van der Waals surface area contributed by atoms with E-state index in [1.807, 2.05) is 97.1 Å². The molecule has 0 saturated carbocycles. The normalized spacial score (nSPS) is 11.8. The number of phenols is 2. The van der Waals surface area contributed by atoms with Crippen molar-refractivity contribution in [2.75, 3.05) is 0 Å². The van der Waals surface area contributed by atoms with Crippen LogP contribution in [0.5, 0.6) is 11.5 Å². The second-order valence-corrected chi connectivity index (χ2v) is 10.6. The Morgan fingerprint density at radius 1 is 0.581 bits per heavy atom. The quantitative estimate of drug-likeness (QED) is 0.213. The van der Waals surface area contributed by atoms with Gasteiger partial charge in [0.1, 0.15) is 11.5 Å². The van der Waals surface area contributed by atoms with Gasteiger partial charge in [-0.2, -0.15) is 0 Å². The lowest BCUT2D eigenvalue weighted by atomic mass is 9.99. The van der Waals surface area contributed by atoms with Crippen LogP contribution in [0.3, 0.4) is 0 Å². The Kier molecular flexibility index (Phi) is 5.69. The van der Waals surface area contributed by atoms with Crippen LogP contribution < -0.4 is 0 Å². The van der Waals surface area contributed by atoms with E-state index in [0.717, 1.165) is 43.7 Å². The highest BCUT2D eigenvalue weighted by molar-refractivity contribution is 6.17. The first kappa shape index (κ1) is 24.8. The number of aromatic nitrogens is 2. The van der Waals surface area contributed by atoms with Crippen molar-refractivity contribution in [3.05, 3.63) is 139 Å². The first-order valence-electron chi connectivity index (χ1n) is 14.1. The summed E-state index contributed by atoms with van der Waals surface area (Å²) in [5.74, 6) is 0.344. The van der Waals surface area contributed by atoms with E-state index >= 15 is 0 Å². The van der Waals surface area contributed by atoms with Gasteiger partial charge in [-0.15, -0.1) is 0 Å². The molecule has 5 nitrogen and oxygen atoms in total. The van der Waals surface area contributed by atoms with Gasteiger partial charge in [-0.05, 0) is 59.3 Å². The molecular weight excluding hydrogens is 530 g/mol. The minimum Gasteiger partial charge on any atom is -0.507 e. The fourth-order valence-corrected chi connectivity index (χ4v) is 6.16. The van der Waals surface area contributed by atoms with Gasteiger partial charge in [0.15, 0.2) is 0 Å². The zero-order valence-corrected chi connectivity index (χ0v) is 23.0. The molecule has 2 heterocycles. The van der Waals surface area contributed by atoms with E-state index in [1.54, 1.807) is 18.3 Å². The number of pyridine rings is 1. The fourth-order valence-electron chi connectivity index (χ4n) is 6.16. The molecule has 0 fully saturated rings. The number of para-hydroxylation sites is 2. The number of phenolic OH excluding ortho intramolecular Hbond substituents is 2. The third kappa shape index (κ3) is 4.02. The van der Waals surface area contributed by atoms with Crippen LogP contribution in [-0.2, 0) is 0 Å². The molecule has 0 saturated heterocycles. The van der Waals surface area contributed by atoms with Gasteiger partial charge in [0, 0.05) is 27.2 Å². The second-order valence-electron chi connectivity index (χ2n) is 10.6. The SMILES string of the molecule is Oc1ccc2c(c1-c1cc3ccccc3c(C=Nc3cccc4cccc(O)c34)n1)c1ccccc1n2-c1ccccc1. The topological polar surface area (TPSA) is 70.6 Å². The predicted molar refractivity (Wildman–Crippen MR) is 176 cm³/mol. The van der Waals surface area contributed by atoms with Gasteiger partial charge in [-0.1, -0.05) is 84.9 Å². The van der Waals surface area contributed by atoms with Gasteiger partial charge in [0.25, 0.3) is 0 Å². The summed E-state index contributed by atoms with van der Waals surface area (Å²) in [6.45, 7) is 0. The predicted octanol–water partition coefficient (Wildman–Crippen LogP) is 9.31. The molecule has 0 radical (unpaired) electrons. The number of rotatable bonds is 4. The van der Waals surface area contributed by atoms with E-state index in [1.165, 1.54) is 0 Å². The molecule has 0 bridgehead atoms. The molecule has 8 aromatic rings. The summed E-state index contributed by atoms with van der Waals surface area (Å²) in [4.78, 5) is 9.92. The minimum absolute atomic E-state index is 0.160. The first-order valence-corrected chi connectivity index (χ1v) is 14.1. The average molecular weight is 556 g/mol. The van der Waals surface area contributed by atoms with Gasteiger partial charge in [-0.25, -0.2) is 4.98 Å². The maximum Gasteiger partial charge on any atom is 0.125 e. The summed E-state index contributed by atoms with van der Waals surface area (Å²) >= 11 is 0. The van der Waals surface area contributed by atoms with Crippen LogP contribution in [0, 0.1) is 0 Å².